The first-order chi connectivity index (χ1) is 12.3. The largest absolute Gasteiger partial charge is 0.489 e. The highest BCUT2D eigenvalue weighted by molar-refractivity contribution is 5.94. The van der Waals surface area contributed by atoms with Crippen LogP contribution in [-0.2, 0) is 11.3 Å². The van der Waals surface area contributed by atoms with Crippen LogP contribution in [0.5, 0.6) is 5.75 Å². The van der Waals surface area contributed by atoms with Gasteiger partial charge in [-0.1, -0.05) is 30.3 Å². The quantitative estimate of drug-likeness (QED) is 0.927. The maximum atomic E-state index is 12.8. The van der Waals surface area contributed by atoms with Crippen molar-refractivity contribution in [1.82, 2.24) is 10.2 Å². The number of nitrogens with one attached hydrogen (secondary N) is 1. The van der Waals surface area contributed by atoms with E-state index < -0.39 is 0 Å². The molecule has 2 heterocycles. The molecule has 5 nitrogen and oxygen atoms in total. The standard InChI is InChI=1S/C20H22N2O3/c23-20(22-10-11-24-19-13-21-12-18(19)22)16-6-8-17(9-7-16)25-14-15-4-2-1-3-5-15/h1-9,18-19,21H,10-14H2/t18-,19+/m0/s1. The van der Waals surface area contributed by atoms with Crippen LogP contribution < -0.4 is 10.1 Å². The van der Waals surface area contributed by atoms with Gasteiger partial charge in [-0.25, -0.2) is 0 Å². The van der Waals surface area contributed by atoms with E-state index in [1.165, 1.54) is 0 Å². The molecule has 130 valence electrons. The van der Waals surface area contributed by atoms with E-state index in [4.69, 9.17) is 9.47 Å². The second-order valence-corrected chi connectivity index (χ2v) is 6.43. The molecule has 25 heavy (non-hydrogen) atoms. The normalized spacial score (nSPS) is 22.5. The Morgan fingerprint density at radius 1 is 1.12 bits per heavy atom. The van der Waals surface area contributed by atoms with Crippen LogP contribution >= 0.6 is 0 Å². The average Bonchev–Trinajstić information content (AvgIpc) is 3.16. The summed E-state index contributed by atoms with van der Waals surface area (Å²) in [4.78, 5) is 14.8. The predicted molar refractivity (Wildman–Crippen MR) is 94.7 cm³/mol. The number of hydrogen-bond donors (Lipinski definition) is 1. The van der Waals surface area contributed by atoms with E-state index in [1.54, 1.807) is 0 Å². The maximum absolute atomic E-state index is 12.8. The lowest BCUT2D eigenvalue weighted by Gasteiger charge is -2.37. The zero-order valence-corrected chi connectivity index (χ0v) is 14.1. The van der Waals surface area contributed by atoms with Gasteiger partial charge in [0.1, 0.15) is 12.4 Å². The van der Waals surface area contributed by atoms with Crippen molar-refractivity contribution >= 4 is 5.91 Å². The van der Waals surface area contributed by atoms with Gasteiger partial charge in [0.15, 0.2) is 0 Å². The minimum absolute atomic E-state index is 0.0663. The van der Waals surface area contributed by atoms with Gasteiger partial charge in [0.05, 0.1) is 18.8 Å². The second kappa shape index (κ2) is 7.25. The van der Waals surface area contributed by atoms with E-state index >= 15 is 0 Å². The summed E-state index contributed by atoms with van der Waals surface area (Å²) in [5.41, 5.74) is 1.82. The number of morpholine rings is 1. The zero-order chi connectivity index (χ0) is 17.1. The zero-order valence-electron chi connectivity index (χ0n) is 14.1. The van der Waals surface area contributed by atoms with Gasteiger partial charge in [-0.2, -0.15) is 0 Å². The van der Waals surface area contributed by atoms with Crippen LogP contribution in [0.1, 0.15) is 15.9 Å². The Labute approximate surface area is 147 Å². The highest BCUT2D eigenvalue weighted by atomic mass is 16.5. The van der Waals surface area contributed by atoms with Crippen molar-refractivity contribution in [3.05, 3.63) is 65.7 Å². The summed E-state index contributed by atoms with van der Waals surface area (Å²) < 4.78 is 11.5. The summed E-state index contributed by atoms with van der Waals surface area (Å²) in [5.74, 6) is 0.833. The van der Waals surface area contributed by atoms with Gasteiger partial charge in [0.2, 0.25) is 0 Å². The number of carbonyl (C=O) groups excluding carboxylic acids is 1. The molecule has 2 saturated heterocycles. The summed E-state index contributed by atoms with van der Waals surface area (Å²) in [5, 5.41) is 3.30. The number of ether oxygens (including phenoxy) is 2. The third-order valence-electron chi connectivity index (χ3n) is 4.80. The Balaban J connectivity index is 1.40. The van der Waals surface area contributed by atoms with E-state index in [9.17, 15) is 4.79 Å². The third kappa shape index (κ3) is 3.52. The number of rotatable bonds is 4. The molecular weight excluding hydrogens is 316 g/mol. The number of fused-ring (bicyclic) bond motifs is 1. The smallest absolute Gasteiger partial charge is 0.254 e. The molecule has 1 amide bonds. The number of carbonyl (C=O) groups is 1. The Morgan fingerprint density at radius 2 is 1.92 bits per heavy atom. The van der Waals surface area contributed by atoms with E-state index in [-0.39, 0.29) is 18.1 Å². The van der Waals surface area contributed by atoms with Crippen molar-refractivity contribution in [3.63, 3.8) is 0 Å². The van der Waals surface area contributed by atoms with Crippen LogP contribution in [0.3, 0.4) is 0 Å². The molecule has 2 aliphatic heterocycles. The van der Waals surface area contributed by atoms with Gasteiger partial charge >= 0.3 is 0 Å². The number of hydrogen-bond acceptors (Lipinski definition) is 4. The molecule has 2 atom stereocenters. The lowest BCUT2D eigenvalue weighted by atomic mass is 10.1. The van der Waals surface area contributed by atoms with E-state index in [0.717, 1.165) is 24.4 Å². The summed E-state index contributed by atoms with van der Waals surface area (Å²) in [6, 6.07) is 17.6. The summed E-state index contributed by atoms with van der Waals surface area (Å²) in [7, 11) is 0. The van der Waals surface area contributed by atoms with Crippen molar-refractivity contribution in [2.45, 2.75) is 18.8 Å². The maximum Gasteiger partial charge on any atom is 0.254 e. The first-order valence-corrected chi connectivity index (χ1v) is 8.71. The SMILES string of the molecule is O=C(c1ccc(OCc2ccccc2)cc1)N1CCO[C@@H]2CNC[C@@H]21. The van der Waals surface area contributed by atoms with Crippen molar-refractivity contribution < 1.29 is 14.3 Å². The van der Waals surface area contributed by atoms with Gasteiger partial charge < -0.3 is 19.7 Å². The Bertz CT molecular complexity index is 717. The summed E-state index contributed by atoms with van der Waals surface area (Å²) in [6.07, 6.45) is 0.117. The first-order valence-electron chi connectivity index (χ1n) is 8.71. The molecule has 0 radical (unpaired) electrons. The van der Waals surface area contributed by atoms with Gasteiger partial charge in [-0.05, 0) is 29.8 Å². The minimum Gasteiger partial charge on any atom is -0.489 e. The number of benzene rings is 2. The Kier molecular flexibility index (Phi) is 4.68. The minimum atomic E-state index is 0.0663. The number of nitrogens with zero attached hydrogens (tertiary/aromatic N) is 1. The van der Waals surface area contributed by atoms with E-state index in [2.05, 4.69) is 5.32 Å². The molecule has 0 aliphatic carbocycles. The van der Waals surface area contributed by atoms with E-state index in [1.807, 2.05) is 59.5 Å². The molecular formula is C20H22N2O3. The van der Waals surface area contributed by atoms with Crippen LogP contribution in [0.25, 0.3) is 0 Å². The molecule has 0 saturated carbocycles. The van der Waals surface area contributed by atoms with Crippen LogP contribution in [0.15, 0.2) is 54.6 Å². The highest BCUT2D eigenvalue weighted by Gasteiger charge is 2.38. The van der Waals surface area contributed by atoms with Crippen molar-refractivity contribution in [3.8, 4) is 5.75 Å². The van der Waals surface area contributed by atoms with Gasteiger partial charge in [0, 0.05) is 25.2 Å². The monoisotopic (exact) mass is 338 g/mol. The molecule has 0 bridgehead atoms. The van der Waals surface area contributed by atoms with Crippen LogP contribution in [0, 0.1) is 0 Å². The molecule has 2 fully saturated rings. The van der Waals surface area contributed by atoms with Crippen molar-refractivity contribution in [2.24, 2.45) is 0 Å². The molecule has 0 unspecified atom stereocenters. The summed E-state index contributed by atoms with van der Waals surface area (Å²) in [6.45, 7) is 3.39. The van der Waals surface area contributed by atoms with Crippen LogP contribution in [-0.4, -0.2) is 49.2 Å². The van der Waals surface area contributed by atoms with E-state index in [0.29, 0.717) is 25.3 Å². The van der Waals surface area contributed by atoms with Crippen LogP contribution in [0.4, 0.5) is 0 Å². The molecule has 2 aromatic rings. The average molecular weight is 338 g/mol. The van der Waals surface area contributed by atoms with Crippen LogP contribution in [0.2, 0.25) is 0 Å². The van der Waals surface area contributed by atoms with Gasteiger partial charge in [-0.15, -0.1) is 0 Å². The molecule has 0 aromatic heterocycles. The first kappa shape index (κ1) is 16.1. The topological polar surface area (TPSA) is 50.8 Å². The van der Waals surface area contributed by atoms with Crippen molar-refractivity contribution in [1.29, 1.82) is 0 Å². The van der Waals surface area contributed by atoms with Gasteiger partial charge in [0.25, 0.3) is 5.91 Å². The molecule has 1 N–H and O–H groups in total. The lowest BCUT2D eigenvalue weighted by molar-refractivity contribution is -0.0364. The Hall–Kier alpha value is -2.37. The van der Waals surface area contributed by atoms with Gasteiger partial charge in [-0.3, -0.25) is 4.79 Å². The lowest BCUT2D eigenvalue weighted by Crippen LogP contribution is -2.53. The molecule has 2 aliphatic rings. The third-order valence-corrected chi connectivity index (χ3v) is 4.80. The molecule has 5 heteroatoms. The molecule has 0 spiro atoms. The predicted octanol–water partition coefficient (Wildman–Crippen LogP) is 2.08. The fraction of sp³-hybridized carbons (Fsp3) is 0.350. The fourth-order valence-corrected chi connectivity index (χ4v) is 3.44. The van der Waals surface area contributed by atoms with Crippen molar-refractivity contribution in [2.75, 3.05) is 26.2 Å². The number of amides is 1. The molecule has 4 rings (SSSR count). The molecule has 2 aromatic carbocycles. The highest BCUT2D eigenvalue weighted by Crippen LogP contribution is 2.21. The summed E-state index contributed by atoms with van der Waals surface area (Å²) >= 11 is 0. The Morgan fingerprint density at radius 3 is 2.72 bits per heavy atom. The second-order valence-electron chi connectivity index (χ2n) is 6.43. The fourth-order valence-electron chi connectivity index (χ4n) is 3.44.